The molecule has 59 heavy (non-hydrogen) atoms. The minimum Gasteiger partial charge on any atom is -0.497 e. The summed E-state index contributed by atoms with van der Waals surface area (Å²) in [6.45, 7) is 7.15. The quantitative estimate of drug-likeness (QED) is 0.0783. The van der Waals surface area contributed by atoms with E-state index < -0.39 is 98.0 Å². The Labute approximate surface area is 341 Å². The van der Waals surface area contributed by atoms with Gasteiger partial charge in [0, 0.05) is 36.6 Å². The highest BCUT2D eigenvalue weighted by molar-refractivity contribution is 7.90. The molecule has 0 aliphatic carbocycles. The van der Waals surface area contributed by atoms with E-state index >= 15 is 0 Å². The van der Waals surface area contributed by atoms with E-state index in [1.165, 1.54) is 36.2 Å². The Hall–Kier alpha value is -5.56. The predicted molar refractivity (Wildman–Crippen MR) is 217 cm³/mol. The van der Waals surface area contributed by atoms with E-state index in [1.54, 1.807) is 48.5 Å². The number of methoxy groups -OCH3 is 2. The lowest BCUT2D eigenvalue weighted by atomic mass is 10.0. The fraction of sp³-hybridized carbons (Fsp3) is 0.268. The molecule has 0 unspecified atom stereocenters. The number of rotatable bonds is 22. The average molecular weight is 861 g/mol. The highest BCUT2D eigenvalue weighted by atomic mass is 32.2. The third-order valence-corrected chi connectivity index (χ3v) is 11.7. The van der Waals surface area contributed by atoms with Crippen molar-refractivity contribution < 1.29 is 53.5 Å². The van der Waals surface area contributed by atoms with E-state index in [-0.39, 0.29) is 24.2 Å². The standard InChI is InChI=1S/C41H44F4N4O8S2/c1-5-16-48(34-8-12-36(56-3)13-9-34)40(50)38(24-28-20-30(42)26-31(43)21-28)46-58(52,53)18-7-19-59(54,55)47-39(25-29-22-32(44)27-33(45)23-29)41(51)49(17-6-2)35-10-14-37(57-4)15-11-35/h5-6,8-15,20-23,26-27,38-39,46-47H,1-2,7,16-19,24-25H2,3-4H3/t38-,39+. The van der Waals surface area contributed by atoms with Crippen molar-refractivity contribution in [3.8, 4) is 11.5 Å². The van der Waals surface area contributed by atoms with Gasteiger partial charge in [-0.15, -0.1) is 13.2 Å². The Morgan fingerprint density at radius 3 is 1.22 bits per heavy atom. The molecule has 0 saturated heterocycles. The molecular formula is C41H44F4N4O8S2. The van der Waals surface area contributed by atoms with Gasteiger partial charge in [-0.2, -0.15) is 0 Å². The summed E-state index contributed by atoms with van der Waals surface area (Å²) in [6, 6.07) is 14.2. The maximum Gasteiger partial charge on any atom is 0.245 e. The Morgan fingerprint density at radius 2 is 0.932 bits per heavy atom. The van der Waals surface area contributed by atoms with Crippen LogP contribution in [0.4, 0.5) is 28.9 Å². The number of anilines is 2. The van der Waals surface area contributed by atoms with E-state index in [4.69, 9.17) is 9.47 Å². The van der Waals surface area contributed by atoms with E-state index in [2.05, 4.69) is 22.6 Å². The van der Waals surface area contributed by atoms with Gasteiger partial charge in [0.2, 0.25) is 31.9 Å². The zero-order chi connectivity index (χ0) is 43.3. The molecule has 4 aromatic rings. The van der Waals surface area contributed by atoms with Gasteiger partial charge in [-0.3, -0.25) is 9.59 Å². The summed E-state index contributed by atoms with van der Waals surface area (Å²) in [7, 11) is -6.11. The monoisotopic (exact) mass is 860 g/mol. The van der Waals surface area contributed by atoms with Crippen LogP contribution < -0.4 is 28.7 Å². The van der Waals surface area contributed by atoms with E-state index in [0.29, 0.717) is 35.0 Å². The molecule has 0 aromatic heterocycles. The second-order valence-corrected chi connectivity index (χ2v) is 16.9. The van der Waals surface area contributed by atoms with Crippen molar-refractivity contribution >= 4 is 43.2 Å². The van der Waals surface area contributed by atoms with Crippen LogP contribution in [0.2, 0.25) is 0 Å². The van der Waals surface area contributed by atoms with Crippen LogP contribution in [0.3, 0.4) is 0 Å². The molecule has 316 valence electrons. The molecule has 0 heterocycles. The molecule has 18 heteroatoms. The summed E-state index contributed by atoms with van der Waals surface area (Å²) in [6.07, 6.45) is 1.25. The topological polar surface area (TPSA) is 151 Å². The molecule has 4 aromatic carbocycles. The summed E-state index contributed by atoms with van der Waals surface area (Å²) >= 11 is 0. The Morgan fingerprint density at radius 1 is 0.610 bits per heavy atom. The fourth-order valence-electron chi connectivity index (χ4n) is 6.08. The number of benzene rings is 4. The van der Waals surface area contributed by atoms with E-state index in [1.807, 2.05) is 0 Å². The first-order chi connectivity index (χ1) is 28.0. The third-order valence-electron chi connectivity index (χ3n) is 8.71. The van der Waals surface area contributed by atoms with Crippen LogP contribution in [0.1, 0.15) is 17.5 Å². The molecule has 0 radical (unpaired) electrons. The molecule has 0 aliphatic rings. The summed E-state index contributed by atoms with van der Waals surface area (Å²) in [4.78, 5) is 30.4. The average Bonchev–Trinajstić information content (AvgIpc) is 3.17. The van der Waals surface area contributed by atoms with Crippen LogP contribution in [-0.2, 0) is 42.5 Å². The van der Waals surface area contributed by atoms with Gasteiger partial charge in [0.25, 0.3) is 0 Å². The van der Waals surface area contributed by atoms with Crippen LogP contribution in [0.5, 0.6) is 11.5 Å². The number of amides is 2. The Kier molecular flexibility index (Phi) is 16.4. The first-order valence-corrected chi connectivity index (χ1v) is 21.3. The number of nitrogens with zero attached hydrogens (tertiary/aromatic N) is 2. The summed E-state index contributed by atoms with van der Waals surface area (Å²) in [5, 5.41) is 0. The molecule has 0 saturated carbocycles. The van der Waals surface area contributed by atoms with Crippen LogP contribution in [-0.4, -0.2) is 79.5 Å². The van der Waals surface area contributed by atoms with Crippen LogP contribution >= 0.6 is 0 Å². The van der Waals surface area contributed by atoms with Gasteiger partial charge in [-0.25, -0.2) is 43.8 Å². The number of hydrogen-bond acceptors (Lipinski definition) is 8. The normalized spacial score (nSPS) is 12.6. The van der Waals surface area contributed by atoms with E-state index in [9.17, 15) is 44.0 Å². The number of carbonyl (C=O) groups is 2. The smallest absolute Gasteiger partial charge is 0.245 e. The predicted octanol–water partition coefficient (Wildman–Crippen LogP) is 5.45. The molecule has 2 atom stereocenters. The molecule has 0 spiro atoms. The number of halogens is 4. The van der Waals surface area contributed by atoms with Crippen LogP contribution in [0.25, 0.3) is 0 Å². The number of nitrogens with one attached hydrogen (secondary N) is 2. The Balaban J connectivity index is 1.57. The van der Waals surface area contributed by atoms with Crippen LogP contribution in [0.15, 0.2) is 110 Å². The van der Waals surface area contributed by atoms with E-state index in [0.717, 1.165) is 24.3 Å². The number of ether oxygens (including phenoxy) is 2. The van der Waals surface area contributed by atoms with Crippen molar-refractivity contribution in [1.82, 2.24) is 9.44 Å². The van der Waals surface area contributed by atoms with Crippen LogP contribution in [0, 0.1) is 23.3 Å². The van der Waals surface area contributed by atoms with Crippen molar-refractivity contribution in [2.75, 3.05) is 48.6 Å². The lowest BCUT2D eigenvalue weighted by Gasteiger charge is -2.28. The number of carbonyl (C=O) groups excluding carboxylic acids is 2. The molecule has 4 rings (SSSR count). The molecular weight excluding hydrogens is 817 g/mol. The second kappa shape index (κ2) is 20.9. The largest absolute Gasteiger partial charge is 0.497 e. The molecule has 2 N–H and O–H groups in total. The Bertz CT molecular complexity index is 2130. The first kappa shape index (κ1) is 46.1. The molecule has 12 nitrogen and oxygen atoms in total. The van der Waals surface area contributed by atoms with Gasteiger partial charge in [-0.05, 0) is 103 Å². The van der Waals surface area contributed by atoms with Crippen molar-refractivity contribution in [1.29, 1.82) is 0 Å². The number of hydrogen-bond donors (Lipinski definition) is 2. The molecule has 0 bridgehead atoms. The van der Waals surface area contributed by atoms with Gasteiger partial charge in [0.05, 0.1) is 25.7 Å². The van der Waals surface area contributed by atoms with Crippen molar-refractivity contribution in [3.63, 3.8) is 0 Å². The summed E-state index contributed by atoms with van der Waals surface area (Å²) < 4.78 is 126. The van der Waals surface area contributed by atoms with Gasteiger partial charge in [-0.1, -0.05) is 12.2 Å². The molecule has 0 fully saturated rings. The van der Waals surface area contributed by atoms with Crippen molar-refractivity contribution in [2.45, 2.75) is 31.3 Å². The first-order valence-electron chi connectivity index (χ1n) is 18.0. The van der Waals surface area contributed by atoms with Gasteiger partial charge < -0.3 is 19.3 Å². The molecule has 2 amide bonds. The zero-order valence-electron chi connectivity index (χ0n) is 32.2. The number of sulfonamides is 2. The third kappa shape index (κ3) is 13.8. The summed E-state index contributed by atoms with van der Waals surface area (Å²) in [5.41, 5.74) is 0.563. The SMILES string of the molecule is C=CCN(C(=O)[C@H](Cc1cc(F)cc(F)c1)NS(=O)(=O)CCCS(=O)(=O)N[C@H](Cc1cc(F)cc(F)c1)C(=O)N(CC=C)c1ccc(OC)cc1)c1ccc(OC)cc1. The maximum atomic E-state index is 14.2. The second-order valence-electron chi connectivity index (χ2n) is 13.2. The zero-order valence-corrected chi connectivity index (χ0v) is 33.9. The lowest BCUT2D eigenvalue weighted by Crippen LogP contribution is -2.51. The van der Waals surface area contributed by atoms with Gasteiger partial charge in [0.15, 0.2) is 0 Å². The minimum absolute atomic E-state index is 0.0439. The highest BCUT2D eigenvalue weighted by Crippen LogP contribution is 2.23. The summed E-state index contributed by atoms with van der Waals surface area (Å²) in [5.74, 6) is -6.20. The molecule has 0 aliphatic heterocycles. The van der Waals surface area contributed by atoms with Gasteiger partial charge >= 0.3 is 0 Å². The highest BCUT2D eigenvalue weighted by Gasteiger charge is 2.32. The fourth-order valence-corrected chi connectivity index (χ4v) is 8.78. The van der Waals surface area contributed by atoms with Crippen molar-refractivity contribution in [2.24, 2.45) is 0 Å². The van der Waals surface area contributed by atoms with Crippen molar-refractivity contribution in [3.05, 3.63) is 145 Å². The minimum atomic E-state index is -4.50. The lowest BCUT2D eigenvalue weighted by molar-refractivity contribution is -0.120. The maximum absolute atomic E-state index is 14.2. The van der Waals surface area contributed by atoms with Gasteiger partial charge in [0.1, 0.15) is 46.9 Å².